The van der Waals surface area contributed by atoms with E-state index in [0.717, 1.165) is 30.1 Å². The Morgan fingerprint density at radius 1 is 1.18 bits per heavy atom. The number of anilines is 2. The molecule has 1 amide bonds. The quantitative estimate of drug-likeness (QED) is 0.578. The maximum absolute atomic E-state index is 12.5. The molecule has 2 atom stereocenters. The zero-order chi connectivity index (χ0) is 24.0. The lowest BCUT2D eigenvalue weighted by Crippen LogP contribution is -2.34. The van der Waals surface area contributed by atoms with Crippen molar-refractivity contribution < 1.29 is 13.2 Å². The molecular weight excluding hydrogens is 434 g/mol. The fourth-order valence-electron chi connectivity index (χ4n) is 4.49. The Morgan fingerprint density at radius 2 is 1.88 bits per heavy atom. The molecule has 1 aliphatic heterocycles. The summed E-state index contributed by atoms with van der Waals surface area (Å²) >= 11 is 0. The number of rotatable bonds is 9. The lowest BCUT2D eigenvalue weighted by Gasteiger charge is -2.33. The van der Waals surface area contributed by atoms with E-state index in [9.17, 15) is 13.2 Å². The van der Waals surface area contributed by atoms with Crippen molar-refractivity contribution >= 4 is 27.3 Å². The number of nitrogens with zero attached hydrogens (tertiary/aromatic N) is 2. The highest BCUT2D eigenvalue weighted by atomic mass is 32.2. The SMILES string of the molecule is Cc1ccccc1N(CCCC(=O)NC(C)c1ccc(N2CCCC(C)C2)cc1)S(C)(=O)=O. The van der Waals surface area contributed by atoms with Crippen molar-refractivity contribution in [3.63, 3.8) is 0 Å². The first-order chi connectivity index (χ1) is 15.6. The highest BCUT2D eigenvalue weighted by molar-refractivity contribution is 7.92. The zero-order valence-electron chi connectivity index (χ0n) is 20.3. The predicted molar refractivity (Wildman–Crippen MR) is 136 cm³/mol. The predicted octanol–water partition coefficient (Wildman–Crippen LogP) is 4.65. The van der Waals surface area contributed by atoms with Gasteiger partial charge < -0.3 is 10.2 Å². The van der Waals surface area contributed by atoms with Crippen LogP contribution < -0.4 is 14.5 Å². The van der Waals surface area contributed by atoms with Crippen molar-refractivity contribution in [2.24, 2.45) is 5.92 Å². The molecule has 0 spiro atoms. The molecule has 1 saturated heterocycles. The monoisotopic (exact) mass is 471 g/mol. The van der Waals surface area contributed by atoms with Crippen LogP contribution in [0.15, 0.2) is 48.5 Å². The van der Waals surface area contributed by atoms with Crippen molar-refractivity contribution in [3.8, 4) is 0 Å². The van der Waals surface area contributed by atoms with Crippen LogP contribution in [0.4, 0.5) is 11.4 Å². The summed E-state index contributed by atoms with van der Waals surface area (Å²) in [5, 5.41) is 3.05. The molecule has 2 aromatic rings. The van der Waals surface area contributed by atoms with Gasteiger partial charge in [0.05, 0.1) is 18.0 Å². The first kappa shape index (κ1) is 25.1. The summed E-state index contributed by atoms with van der Waals surface area (Å²) in [4.78, 5) is 15.0. The maximum atomic E-state index is 12.5. The summed E-state index contributed by atoms with van der Waals surface area (Å²) in [5.41, 5.74) is 3.86. The fourth-order valence-corrected chi connectivity index (χ4v) is 5.51. The summed E-state index contributed by atoms with van der Waals surface area (Å²) in [6.45, 7) is 8.63. The van der Waals surface area contributed by atoms with Crippen LogP contribution in [0.1, 0.15) is 56.7 Å². The molecule has 180 valence electrons. The van der Waals surface area contributed by atoms with Gasteiger partial charge in [0.25, 0.3) is 0 Å². The number of hydrogen-bond donors (Lipinski definition) is 1. The van der Waals surface area contributed by atoms with Gasteiger partial charge in [-0.05, 0) is 68.4 Å². The Hall–Kier alpha value is -2.54. The molecule has 0 aromatic heterocycles. The van der Waals surface area contributed by atoms with E-state index in [1.807, 2.05) is 32.0 Å². The van der Waals surface area contributed by atoms with Crippen molar-refractivity contribution in [1.82, 2.24) is 5.32 Å². The highest BCUT2D eigenvalue weighted by Crippen LogP contribution is 2.25. The van der Waals surface area contributed by atoms with Gasteiger partial charge >= 0.3 is 0 Å². The molecule has 0 saturated carbocycles. The number of carbonyl (C=O) groups excluding carboxylic acids is 1. The molecule has 1 N–H and O–H groups in total. The summed E-state index contributed by atoms with van der Waals surface area (Å²) in [6, 6.07) is 15.7. The normalized spacial score (nSPS) is 17.5. The topological polar surface area (TPSA) is 69.7 Å². The van der Waals surface area contributed by atoms with Crippen LogP contribution >= 0.6 is 0 Å². The molecule has 1 aliphatic rings. The van der Waals surface area contributed by atoms with Gasteiger partial charge in [-0.3, -0.25) is 9.10 Å². The van der Waals surface area contributed by atoms with Crippen molar-refractivity contribution in [3.05, 3.63) is 59.7 Å². The largest absolute Gasteiger partial charge is 0.371 e. The third-order valence-electron chi connectivity index (χ3n) is 6.34. The smallest absolute Gasteiger partial charge is 0.232 e. The minimum Gasteiger partial charge on any atom is -0.371 e. The third-order valence-corrected chi connectivity index (χ3v) is 7.52. The van der Waals surface area contributed by atoms with Gasteiger partial charge in [-0.15, -0.1) is 0 Å². The number of aryl methyl sites for hydroxylation is 1. The van der Waals surface area contributed by atoms with Gasteiger partial charge in [0, 0.05) is 31.7 Å². The molecule has 3 rings (SSSR count). The molecule has 1 heterocycles. The van der Waals surface area contributed by atoms with Crippen LogP contribution in [0.2, 0.25) is 0 Å². The molecule has 2 aromatic carbocycles. The van der Waals surface area contributed by atoms with Gasteiger partial charge in [-0.2, -0.15) is 0 Å². The number of carbonyl (C=O) groups is 1. The van der Waals surface area contributed by atoms with Crippen LogP contribution in [-0.2, 0) is 14.8 Å². The van der Waals surface area contributed by atoms with E-state index in [2.05, 4.69) is 41.4 Å². The molecule has 33 heavy (non-hydrogen) atoms. The van der Waals surface area contributed by atoms with E-state index >= 15 is 0 Å². The summed E-state index contributed by atoms with van der Waals surface area (Å²) < 4.78 is 26.0. The number of piperidine rings is 1. The van der Waals surface area contributed by atoms with Gasteiger partial charge in [0.1, 0.15) is 0 Å². The number of benzene rings is 2. The average molecular weight is 472 g/mol. The van der Waals surface area contributed by atoms with E-state index in [1.54, 1.807) is 6.07 Å². The summed E-state index contributed by atoms with van der Waals surface area (Å²) in [6.07, 6.45) is 4.45. The molecular formula is C26H37N3O3S. The molecule has 2 unspecified atom stereocenters. The van der Waals surface area contributed by atoms with Crippen LogP contribution in [0.25, 0.3) is 0 Å². The van der Waals surface area contributed by atoms with Gasteiger partial charge in [0.15, 0.2) is 0 Å². The third kappa shape index (κ3) is 6.97. The van der Waals surface area contributed by atoms with Crippen molar-refractivity contribution in [2.45, 2.75) is 52.5 Å². The van der Waals surface area contributed by atoms with E-state index in [-0.39, 0.29) is 24.9 Å². The van der Waals surface area contributed by atoms with E-state index in [0.29, 0.717) is 12.1 Å². The van der Waals surface area contributed by atoms with Crippen molar-refractivity contribution in [2.75, 3.05) is 35.1 Å². The van der Waals surface area contributed by atoms with Crippen LogP contribution in [-0.4, -0.2) is 40.2 Å². The first-order valence-corrected chi connectivity index (χ1v) is 13.7. The lowest BCUT2D eigenvalue weighted by atomic mass is 9.99. The van der Waals surface area contributed by atoms with Gasteiger partial charge in [-0.1, -0.05) is 37.3 Å². The summed E-state index contributed by atoms with van der Waals surface area (Å²) in [7, 11) is -3.42. The van der Waals surface area contributed by atoms with Crippen LogP contribution in [0, 0.1) is 12.8 Å². The summed E-state index contributed by atoms with van der Waals surface area (Å²) in [5.74, 6) is 0.649. The Morgan fingerprint density at radius 3 is 2.52 bits per heavy atom. The first-order valence-electron chi connectivity index (χ1n) is 11.8. The zero-order valence-corrected chi connectivity index (χ0v) is 21.1. The Labute approximate surface area is 199 Å². The number of nitrogens with one attached hydrogen (secondary N) is 1. The second kappa shape index (κ2) is 11.1. The standard InChI is InChI=1S/C26H37N3O3S/c1-20-9-7-17-28(19-20)24-15-13-23(14-16-24)22(3)27-26(30)12-8-18-29(33(4,31)32)25-11-6-5-10-21(25)2/h5-6,10-11,13-16,20,22H,7-9,12,17-19H2,1-4H3,(H,27,30). The van der Waals surface area contributed by atoms with E-state index < -0.39 is 10.0 Å². The highest BCUT2D eigenvalue weighted by Gasteiger charge is 2.20. The van der Waals surface area contributed by atoms with E-state index in [4.69, 9.17) is 0 Å². The number of para-hydroxylation sites is 1. The van der Waals surface area contributed by atoms with Crippen LogP contribution in [0.5, 0.6) is 0 Å². The van der Waals surface area contributed by atoms with Gasteiger partial charge in [-0.25, -0.2) is 8.42 Å². The molecule has 6 nitrogen and oxygen atoms in total. The minimum atomic E-state index is -3.42. The molecule has 0 aliphatic carbocycles. The van der Waals surface area contributed by atoms with E-state index in [1.165, 1.54) is 29.1 Å². The number of amides is 1. The van der Waals surface area contributed by atoms with Crippen LogP contribution in [0.3, 0.4) is 0 Å². The molecule has 0 radical (unpaired) electrons. The maximum Gasteiger partial charge on any atom is 0.232 e. The molecule has 0 bridgehead atoms. The number of hydrogen-bond acceptors (Lipinski definition) is 4. The fraction of sp³-hybridized carbons (Fsp3) is 0.500. The Balaban J connectivity index is 1.52. The Kier molecular flexibility index (Phi) is 8.40. The second-order valence-corrected chi connectivity index (χ2v) is 11.2. The lowest BCUT2D eigenvalue weighted by molar-refractivity contribution is -0.121. The molecule has 7 heteroatoms. The van der Waals surface area contributed by atoms with Gasteiger partial charge in [0.2, 0.25) is 15.9 Å². The van der Waals surface area contributed by atoms with Crippen molar-refractivity contribution in [1.29, 1.82) is 0 Å². The second-order valence-electron chi connectivity index (χ2n) is 9.30. The average Bonchev–Trinajstić information content (AvgIpc) is 2.77. The number of sulfonamides is 1. The molecule has 1 fully saturated rings. The Bertz CT molecular complexity index is 1040. The minimum absolute atomic E-state index is 0.0744.